The van der Waals surface area contributed by atoms with Crippen molar-refractivity contribution in [2.24, 2.45) is 0 Å². The van der Waals surface area contributed by atoms with E-state index in [4.69, 9.17) is 5.26 Å². The van der Waals surface area contributed by atoms with Gasteiger partial charge in [-0.3, -0.25) is 0 Å². The molecule has 0 heterocycles. The molecule has 0 saturated carbocycles. The van der Waals surface area contributed by atoms with Crippen LogP contribution < -0.4 is 0 Å². The number of hydrogen-bond donors (Lipinski definition) is 1. The van der Waals surface area contributed by atoms with Crippen molar-refractivity contribution in [1.29, 1.82) is 5.26 Å². The first-order chi connectivity index (χ1) is 12.5. The van der Waals surface area contributed by atoms with Crippen molar-refractivity contribution in [3.05, 3.63) is 69.3 Å². The largest absolute Gasteiger partial charge is 0.386 e. The average molecular weight is 403 g/mol. The molecule has 0 saturated heterocycles. The van der Waals surface area contributed by atoms with Gasteiger partial charge in [-0.05, 0) is 0 Å². The van der Waals surface area contributed by atoms with Crippen LogP contribution in [0.1, 0.15) is 23.1 Å². The zero-order valence-corrected chi connectivity index (χ0v) is 12.3. The SMILES string of the molecule is N#CC(c1c(F)c(F)c(F)c(F)c1F)C(O)c1c(F)c(F)c(F)c(F)c1F. The van der Waals surface area contributed by atoms with Crippen LogP contribution in [0.25, 0.3) is 0 Å². The minimum atomic E-state index is -3.17. The van der Waals surface area contributed by atoms with Crippen molar-refractivity contribution in [3.8, 4) is 6.07 Å². The maximum Gasteiger partial charge on any atom is 0.200 e. The third-order valence-corrected chi connectivity index (χ3v) is 3.55. The Kier molecular flexibility index (Phi) is 5.37. The summed E-state index contributed by atoms with van der Waals surface area (Å²) in [6.45, 7) is 0. The molecular formula is C15H3F10NO. The third kappa shape index (κ3) is 2.97. The highest BCUT2D eigenvalue weighted by molar-refractivity contribution is 5.36. The fourth-order valence-electron chi connectivity index (χ4n) is 2.24. The Hall–Kier alpha value is -2.81. The third-order valence-electron chi connectivity index (χ3n) is 3.55. The van der Waals surface area contributed by atoms with Crippen LogP contribution in [-0.2, 0) is 0 Å². The Bertz CT molecular complexity index is 926. The Morgan fingerprint density at radius 2 is 0.778 bits per heavy atom. The topological polar surface area (TPSA) is 44.0 Å². The number of hydrogen-bond acceptors (Lipinski definition) is 2. The van der Waals surface area contributed by atoms with Crippen LogP contribution >= 0.6 is 0 Å². The average Bonchev–Trinajstić information content (AvgIpc) is 2.64. The van der Waals surface area contributed by atoms with Crippen molar-refractivity contribution in [2.45, 2.75) is 12.0 Å². The predicted molar refractivity (Wildman–Crippen MR) is 65.8 cm³/mol. The zero-order chi connectivity index (χ0) is 20.8. The van der Waals surface area contributed by atoms with Gasteiger partial charge in [-0.1, -0.05) is 0 Å². The first-order valence-corrected chi connectivity index (χ1v) is 6.57. The van der Waals surface area contributed by atoms with Crippen molar-refractivity contribution in [1.82, 2.24) is 0 Å². The van der Waals surface area contributed by atoms with Crippen molar-refractivity contribution in [3.63, 3.8) is 0 Å². The Morgan fingerprint density at radius 1 is 0.519 bits per heavy atom. The number of nitrogens with zero attached hydrogens (tertiary/aromatic N) is 1. The van der Waals surface area contributed by atoms with Crippen LogP contribution in [0.3, 0.4) is 0 Å². The van der Waals surface area contributed by atoms with E-state index >= 15 is 0 Å². The van der Waals surface area contributed by atoms with Crippen LogP contribution in [0.15, 0.2) is 0 Å². The fraction of sp³-hybridized carbons (Fsp3) is 0.133. The molecule has 12 heteroatoms. The first-order valence-electron chi connectivity index (χ1n) is 6.57. The molecule has 2 aromatic rings. The highest BCUT2D eigenvalue weighted by atomic mass is 19.2. The van der Waals surface area contributed by atoms with E-state index in [2.05, 4.69) is 0 Å². The molecule has 0 radical (unpaired) electrons. The summed E-state index contributed by atoms with van der Waals surface area (Å²) in [6.07, 6.45) is -3.17. The van der Waals surface area contributed by atoms with E-state index in [-0.39, 0.29) is 0 Å². The van der Waals surface area contributed by atoms with Crippen LogP contribution in [0.4, 0.5) is 43.9 Å². The summed E-state index contributed by atoms with van der Waals surface area (Å²) in [7, 11) is 0. The molecule has 2 unspecified atom stereocenters. The van der Waals surface area contributed by atoms with E-state index in [0.717, 1.165) is 6.07 Å². The molecule has 2 aromatic carbocycles. The molecule has 2 nitrogen and oxygen atoms in total. The van der Waals surface area contributed by atoms with E-state index < -0.39 is 81.3 Å². The molecule has 144 valence electrons. The Morgan fingerprint density at radius 3 is 1.07 bits per heavy atom. The van der Waals surface area contributed by atoms with Gasteiger partial charge < -0.3 is 5.11 Å². The molecule has 0 aromatic heterocycles. The molecular weight excluding hydrogens is 400 g/mol. The van der Waals surface area contributed by atoms with Gasteiger partial charge in [0.15, 0.2) is 46.5 Å². The molecule has 0 aliphatic carbocycles. The molecule has 27 heavy (non-hydrogen) atoms. The lowest BCUT2D eigenvalue weighted by atomic mass is 9.88. The van der Waals surface area contributed by atoms with Crippen LogP contribution in [0, 0.1) is 69.5 Å². The molecule has 2 rings (SSSR count). The standard InChI is InChI=1S/C15H3F10NO/c16-5-3(6(17)10(21)13(24)9(5)20)2(1-26)15(27)4-7(18)11(22)14(25)12(23)8(4)19/h2,15,27H. The maximum atomic E-state index is 13.8. The predicted octanol–water partition coefficient (Wildman–Crippen LogP) is 4.42. The van der Waals surface area contributed by atoms with E-state index in [9.17, 15) is 49.0 Å². The lowest BCUT2D eigenvalue weighted by Gasteiger charge is -2.20. The number of aliphatic hydroxyl groups excluding tert-OH is 1. The number of aliphatic hydroxyl groups is 1. The minimum absolute atomic E-state index is 0.822. The summed E-state index contributed by atoms with van der Waals surface area (Å²) in [6, 6.07) is 0.822. The first kappa shape index (κ1) is 20.5. The number of halogens is 10. The monoisotopic (exact) mass is 403 g/mol. The highest BCUT2D eigenvalue weighted by Gasteiger charge is 2.39. The smallest absolute Gasteiger partial charge is 0.200 e. The molecule has 0 bridgehead atoms. The van der Waals surface area contributed by atoms with Gasteiger partial charge in [-0.2, -0.15) is 5.26 Å². The van der Waals surface area contributed by atoms with Gasteiger partial charge in [0, 0.05) is 0 Å². The molecule has 0 spiro atoms. The van der Waals surface area contributed by atoms with Gasteiger partial charge in [-0.15, -0.1) is 0 Å². The molecule has 2 atom stereocenters. The van der Waals surface area contributed by atoms with Gasteiger partial charge >= 0.3 is 0 Å². The van der Waals surface area contributed by atoms with Crippen molar-refractivity contribution >= 4 is 0 Å². The number of rotatable bonds is 3. The lowest BCUT2D eigenvalue weighted by Crippen LogP contribution is -2.20. The van der Waals surface area contributed by atoms with Crippen LogP contribution in [-0.4, -0.2) is 5.11 Å². The van der Waals surface area contributed by atoms with E-state index in [1.54, 1.807) is 0 Å². The second-order valence-corrected chi connectivity index (χ2v) is 5.02. The van der Waals surface area contributed by atoms with Gasteiger partial charge in [0.05, 0.1) is 17.2 Å². The number of benzene rings is 2. The molecule has 0 amide bonds. The summed E-state index contributed by atoms with van der Waals surface area (Å²) >= 11 is 0. The van der Waals surface area contributed by atoms with E-state index in [1.807, 2.05) is 0 Å². The van der Waals surface area contributed by atoms with Crippen LogP contribution in [0.2, 0.25) is 0 Å². The van der Waals surface area contributed by atoms with Gasteiger partial charge in [0.2, 0.25) is 11.6 Å². The lowest BCUT2D eigenvalue weighted by molar-refractivity contribution is 0.146. The summed E-state index contributed by atoms with van der Waals surface area (Å²) in [5.74, 6) is -28.9. The summed E-state index contributed by atoms with van der Waals surface area (Å²) in [5.41, 5.74) is -4.09. The van der Waals surface area contributed by atoms with Gasteiger partial charge in [-0.25, -0.2) is 43.9 Å². The summed E-state index contributed by atoms with van der Waals surface area (Å²) in [4.78, 5) is 0. The second kappa shape index (κ2) is 7.07. The van der Waals surface area contributed by atoms with Crippen molar-refractivity contribution in [2.75, 3.05) is 0 Å². The highest BCUT2D eigenvalue weighted by Crippen LogP contribution is 2.39. The quantitative estimate of drug-likeness (QED) is 0.469. The molecule has 1 N–H and O–H groups in total. The summed E-state index contributed by atoms with van der Waals surface area (Å²) in [5, 5.41) is 18.7. The zero-order valence-electron chi connectivity index (χ0n) is 12.3. The maximum absolute atomic E-state index is 13.8. The Balaban J connectivity index is 2.78. The molecule has 0 aliphatic rings. The van der Waals surface area contributed by atoms with E-state index in [1.165, 1.54) is 0 Å². The van der Waals surface area contributed by atoms with Crippen molar-refractivity contribution < 1.29 is 49.0 Å². The van der Waals surface area contributed by atoms with Gasteiger partial charge in [0.1, 0.15) is 12.0 Å². The van der Waals surface area contributed by atoms with Crippen LogP contribution in [0.5, 0.6) is 0 Å². The second-order valence-electron chi connectivity index (χ2n) is 5.02. The number of nitriles is 1. The molecule has 0 fully saturated rings. The van der Waals surface area contributed by atoms with Gasteiger partial charge in [0.25, 0.3) is 0 Å². The fourth-order valence-corrected chi connectivity index (χ4v) is 2.24. The minimum Gasteiger partial charge on any atom is -0.386 e. The summed E-state index contributed by atoms with van der Waals surface area (Å²) < 4.78 is 134. The Labute approximate surface area is 142 Å². The molecule has 0 aliphatic heterocycles. The van der Waals surface area contributed by atoms with E-state index in [0.29, 0.717) is 0 Å². The normalized spacial score (nSPS) is 13.4.